The van der Waals surface area contributed by atoms with E-state index in [0.717, 1.165) is 17.8 Å². The molecule has 0 bridgehead atoms. The molecule has 94 valence electrons. The van der Waals surface area contributed by atoms with Crippen molar-refractivity contribution in [3.63, 3.8) is 0 Å². The van der Waals surface area contributed by atoms with Crippen molar-refractivity contribution in [3.8, 4) is 0 Å². The molecule has 1 aliphatic heterocycles. The van der Waals surface area contributed by atoms with Gasteiger partial charge in [0.2, 0.25) is 16.2 Å². The highest BCUT2D eigenvalue weighted by atomic mass is 32.2. The summed E-state index contributed by atoms with van der Waals surface area (Å²) in [5, 5.41) is 9.07. The molecule has 1 atom stereocenters. The quantitative estimate of drug-likeness (QED) is 0.787. The fourth-order valence-corrected chi connectivity index (χ4v) is 4.03. The second-order valence-electron chi connectivity index (χ2n) is 3.79. The van der Waals surface area contributed by atoms with Crippen molar-refractivity contribution in [3.05, 3.63) is 0 Å². The Kier molecular flexibility index (Phi) is 3.29. The van der Waals surface area contributed by atoms with Crippen molar-refractivity contribution in [2.24, 2.45) is 0 Å². The number of rotatable bonds is 2. The second-order valence-corrected chi connectivity index (χ2v) is 7.10. The predicted octanol–water partition coefficient (Wildman–Crippen LogP) is 0.0261. The first-order chi connectivity index (χ1) is 7.99. The maximum Gasteiger partial charge on any atom is 0.244 e. The third-order valence-corrected chi connectivity index (χ3v) is 5.38. The van der Waals surface area contributed by atoms with Crippen molar-refractivity contribution < 1.29 is 13.2 Å². The van der Waals surface area contributed by atoms with E-state index in [1.54, 1.807) is 0 Å². The first-order valence-corrected chi connectivity index (χ1v) is 7.63. The van der Waals surface area contributed by atoms with E-state index in [2.05, 4.69) is 15.5 Å². The minimum Gasteiger partial charge on any atom is -0.374 e. The minimum absolute atomic E-state index is 0.0728. The predicted molar refractivity (Wildman–Crippen MR) is 64.4 cm³/mol. The molecule has 1 unspecified atom stereocenters. The van der Waals surface area contributed by atoms with E-state index in [0.29, 0.717) is 12.8 Å². The van der Waals surface area contributed by atoms with Crippen molar-refractivity contribution >= 4 is 37.3 Å². The van der Waals surface area contributed by atoms with Crippen LogP contribution in [0.4, 0.5) is 10.3 Å². The van der Waals surface area contributed by atoms with Gasteiger partial charge in [-0.05, 0) is 12.8 Å². The number of sulfone groups is 1. The lowest BCUT2D eigenvalue weighted by Crippen LogP contribution is -2.39. The fraction of sp³-hybridized carbons (Fsp3) is 0.625. The first kappa shape index (κ1) is 12.2. The molecule has 1 aromatic heterocycles. The van der Waals surface area contributed by atoms with Crippen LogP contribution < -0.4 is 11.1 Å². The van der Waals surface area contributed by atoms with Gasteiger partial charge >= 0.3 is 0 Å². The SMILES string of the molecule is Nc1nnc(NC(=O)C2CCCCS2(=O)=O)s1. The molecular weight excluding hydrogens is 264 g/mol. The molecule has 0 aliphatic carbocycles. The van der Waals surface area contributed by atoms with Gasteiger partial charge in [0.1, 0.15) is 5.25 Å². The Morgan fingerprint density at radius 1 is 1.41 bits per heavy atom. The van der Waals surface area contributed by atoms with Gasteiger partial charge in [-0.1, -0.05) is 17.8 Å². The number of anilines is 2. The number of amides is 1. The lowest BCUT2D eigenvalue weighted by Gasteiger charge is -2.20. The van der Waals surface area contributed by atoms with Crippen LogP contribution in [0.1, 0.15) is 19.3 Å². The molecule has 0 aromatic carbocycles. The van der Waals surface area contributed by atoms with E-state index in [4.69, 9.17) is 5.73 Å². The van der Waals surface area contributed by atoms with Crippen LogP contribution in [0.2, 0.25) is 0 Å². The summed E-state index contributed by atoms with van der Waals surface area (Å²) in [6.45, 7) is 0. The number of nitrogens with one attached hydrogen (secondary N) is 1. The maximum atomic E-state index is 11.8. The average molecular weight is 276 g/mol. The molecule has 0 saturated carbocycles. The van der Waals surface area contributed by atoms with E-state index < -0.39 is 21.0 Å². The molecule has 17 heavy (non-hydrogen) atoms. The van der Waals surface area contributed by atoms with Crippen LogP contribution in [0.3, 0.4) is 0 Å². The Labute approximate surface area is 102 Å². The number of nitrogens with zero attached hydrogens (tertiary/aromatic N) is 2. The third-order valence-electron chi connectivity index (χ3n) is 2.54. The topological polar surface area (TPSA) is 115 Å². The van der Waals surface area contributed by atoms with Crippen LogP contribution in [0, 0.1) is 0 Å². The number of carbonyl (C=O) groups is 1. The van der Waals surface area contributed by atoms with Crippen LogP contribution in [-0.2, 0) is 14.6 Å². The summed E-state index contributed by atoms with van der Waals surface area (Å²) in [7, 11) is -3.32. The largest absolute Gasteiger partial charge is 0.374 e. The van der Waals surface area contributed by atoms with E-state index >= 15 is 0 Å². The van der Waals surface area contributed by atoms with Crippen molar-refractivity contribution in [1.29, 1.82) is 0 Å². The van der Waals surface area contributed by atoms with Crippen LogP contribution in [-0.4, -0.2) is 35.5 Å². The van der Waals surface area contributed by atoms with E-state index in [9.17, 15) is 13.2 Å². The Morgan fingerprint density at radius 2 is 2.18 bits per heavy atom. The fourth-order valence-electron chi connectivity index (χ4n) is 1.72. The molecule has 9 heteroatoms. The number of carbonyl (C=O) groups excluding carboxylic acids is 1. The molecule has 2 heterocycles. The zero-order valence-electron chi connectivity index (χ0n) is 8.92. The lowest BCUT2D eigenvalue weighted by molar-refractivity contribution is -0.116. The van der Waals surface area contributed by atoms with Crippen LogP contribution in [0.15, 0.2) is 0 Å². The molecule has 1 fully saturated rings. The van der Waals surface area contributed by atoms with Crippen LogP contribution in [0.25, 0.3) is 0 Å². The minimum atomic E-state index is -3.32. The van der Waals surface area contributed by atoms with E-state index in [-0.39, 0.29) is 16.0 Å². The number of hydrogen-bond acceptors (Lipinski definition) is 7. The summed E-state index contributed by atoms with van der Waals surface area (Å²) in [6.07, 6.45) is 1.73. The van der Waals surface area contributed by atoms with Crippen LogP contribution in [0.5, 0.6) is 0 Å². The summed E-state index contributed by atoms with van der Waals surface area (Å²) in [4.78, 5) is 11.8. The molecule has 2 rings (SSSR count). The monoisotopic (exact) mass is 276 g/mol. The normalized spacial score (nSPS) is 23.2. The standard InChI is InChI=1S/C8H12N4O3S2/c9-7-11-12-8(16-7)10-6(13)5-3-1-2-4-17(5,14)15/h5H,1-4H2,(H2,9,11)(H,10,12,13). The Morgan fingerprint density at radius 3 is 2.76 bits per heavy atom. The van der Waals surface area contributed by atoms with Gasteiger partial charge in [-0.2, -0.15) is 0 Å². The lowest BCUT2D eigenvalue weighted by atomic mass is 10.2. The molecule has 1 aliphatic rings. The highest BCUT2D eigenvalue weighted by molar-refractivity contribution is 7.92. The van der Waals surface area contributed by atoms with Crippen molar-refractivity contribution in [2.45, 2.75) is 24.5 Å². The van der Waals surface area contributed by atoms with Crippen molar-refractivity contribution in [2.75, 3.05) is 16.8 Å². The number of hydrogen-bond donors (Lipinski definition) is 2. The summed E-state index contributed by atoms with van der Waals surface area (Å²) < 4.78 is 23.4. The van der Waals surface area contributed by atoms with E-state index in [1.807, 2.05) is 0 Å². The van der Waals surface area contributed by atoms with Gasteiger partial charge in [0, 0.05) is 0 Å². The zero-order chi connectivity index (χ0) is 12.5. The Hall–Kier alpha value is -1.22. The van der Waals surface area contributed by atoms with Crippen molar-refractivity contribution in [1.82, 2.24) is 10.2 Å². The Bertz CT molecular complexity index is 525. The maximum absolute atomic E-state index is 11.8. The summed E-state index contributed by atoms with van der Waals surface area (Å²) in [5.41, 5.74) is 5.36. The summed E-state index contributed by atoms with van der Waals surface area (Å²) >= 11 is 1.01. The van der Waals surface area contributed by atoms with E-state index in [1.165, 1.54) is 0 Å². The molecular formula is C8H12N4O3S2. The number of aromatic nitrogens is 2. The van der Waals surface area contributed by atoms with Gasteiger partial charge < -0.3 is 5.73 Å². The van der Waals surface area contributed by atoms with Crippen LogP contribution >= 0.6 is 11.3 Å². The smallest absolute Gasteiger partial charge is 0.244 e. The molecule has 1 saturated heterocycles. The molecule has 3 N–H and O–H groups in total. The van der Waals surface area contributed by atoms with Gasteiger partial charge in [-0.15, -0.1) is 10.2 Å². The molecule has 1 amide bonds. The number of nitrogens with two attached hydrogens (primary N) is 1. The van der Waals surface area contributed by atoms with Gasteiger partial charge in [0.05, 0.1) is 5.75 Å². The molecule has 7 nitrogen and oxygen atoms in total. The molecule has 1 aromatic rings. The van der Waals surface area contributed by atoms with Gasteiger partial charge in [-0.25, -0.2) is 8.42 Å². The third kappa shape index (κ3) is 2.72. The first-order valence-electron chi connectivity index (χ1n) is 5.10. The molecule has 0 radical (unpaired) electrons. The zero-order valence-corrected chi connectivity index (χ0v) is 10.6. The second kappa shape index (κ2) is 4.57. The highest BCUT2D eigenvalue weighted by Gasteiger charge is 2.35. The highest BCUT2D eigenvalue weighted by Crippen LogP contribution is 2.22. The Balaban J connectivity index is 2.09. The van der Waals surface area contributed by atoms with Gasteiger partial charge in [0.15, 0.2) is 9.84 Å². The number of nitrogen functional groups attached to an aromatic ring is 1. The van der Waals surface area contributed by atoms with Gasteiger partial charge in [0.25, 0.3) is 0 Å². The summed E-state index contributed by atoms with van der Waals surface area (Å²) in [5.74, 6) is -0.468. The van der Waals surface area contributed by atoms with Gasteiger partial charge in [-0.3, -0.25) is 10.1 Å². The summed E-state index contributed by atoms with van der Waals surface area (Å²) in [6, 6.07) is 0. The average Bonchev–Trinajstić information content (AvgIpc) is 2.63. The molecule has 0 spiro atoms.